The summed E-state index contributed by atoms with van der Waals surface area (Å²) in [4.78, 5) is 13.1. The Morgan fingerprint density at radius 3 is 2.15 bits per heavy atom. The van der Waals surface area contributed by atoms with Crippen LogP contribution in [0.15, 0.2) is 47.2 Å². The zero-order valence-corrected chi connectivity index (χ0v) is 15.6. The molecule has 1 heterocycles. The number of nitrogen functional groups attached to an aromatic ring is 1. The Labute approximate surface area is 155 Å². The second kappa shape index (κ2) is 7.49. The van der Waals surface area contributed by atoms with Gasteiger partial charge in [0.05, 0.1) is 21.3 Å². The summed E-state index contributed by atoms with van der Waals surface area (Å²) in [5, 5.41) is 4.02. The molecule has 26 heavy (non-hydrogen) atoms. The van der Waals surface area contributed by atoms with Gasteiger partial charge in [-0.05, 0) is 52.2 Å². The lowest BCUT2D eigenvalue weighted by Gasteiger charge is -2.14. The molecule has 0 atom stereocenters. The van der Waals surface area contributed by atoms with Gasteiger partial charge < -0.3 is 19.9 Å². The molecule has 0 unspecified atom stereocenters. The van der Waals surface area contributed by atoms with Crippen LogP contribution >= 0.6 is 11.3 Å². The van der Waals surface area contributed by atoms with Crippen LogP contribution in [0, 0.1) is 0 Å². The molecule has 0 aliphatic heterocycles. The summed E-state index contributed by atoms with van der Waals surface area (Å²) in [6, 6.07) is 10.7. The molecule has 0 aliphatic carbocycles. The van der Waals surface area contributed by atoms with Gasteiger partial charge in [0, 0.05) is 16.8 Å². The highest BCUT2D eigenvalue weighted by atomic mass is 32.1. The topological polar surface area (TPSA) is 70.8 Å². The van der Waals surface area contributed by atoms with Crippen LogP contribution in [0.25, 0.3) is 11.1 Å². The molecule has 0 saturated carbocycles. The number of rotatable bonds is 6. The Hall–Kier alpha value is -2.99. The third-order valence-corrected chi connectivity index (χ3v) is 4.76. The summed E-state index contributed by atoms with van der Waals surface area (Å²) in [7, 11) is 4.54. The average molecular weight is 369 g/mol. The number of nitrogens with two attached hydrogens (primary N) is 1. The third-order valence-electron chi connectivity index (χ3n) is 4.08. The van der Waals surface area contributed by atoms with Crippen molar-refractivity contribution in [3.63, 3.8) is 0 Å². The predicted molar refractivity (Wildman–Crippen MR) is 104 cm³/mol. The highest BCUT2D eigenvalue weighted by Gasteiger charge is 2.20. The summed E-state index contributed by atoms with van der Waals surface area (Å²) < 4.78 is 16.0. The zero-order chi connectivity index (χ0) is 18.7. The van der Waals surface area contributed by atoms with Crippen molar-refractivity contribution < 1.29 is 19.0 Å². The molecule has 2 aromatic carbocycles. The number of carbonyl (C=O) groups excluding carboxylic acids is 1. The van der Waals surface area contributed by atoms with Gasteiger partial charge in [-0.25, -0.2) is 0 Å². The molecule has 1 aromatic heterocycles. The van der Waals surface area contributed by atoms with Crippen molar-refractivity contribution in [2.24, 2.45) is 0 Å². The Morgan fingerprint density at radius 2 is 1.62 bits per heavy atom. The van der Waals surface area contributed by atoms with Gasteiger partial charge in [-0.2, -0.15) is 11.3 Å². The highest BCUT2D eigenvalue weighted by Crippen LogP contribution is 2.39. The Bertz CT molecular complexity index is 910. The monoisotopic (exact) mass is 369 g/mol. The minimum Gasteiger partial charge on any atom is -0.493 e. The van der Waals surface area contributed by atoms with Crippen molar-refractivity contribution in [2.75, 3.05) is 27.1 Å². The first-order chi connectivity index (χ1) is 12.6. The molecule has 6 heteroatoms. The van der Waals surface area contributed by atoms with Gasteiger partial charge >= 0.3 is 0 Å². The van der Waals surface area contributed by atoms with Crippen LogP contribution in [0.5, 0.6) is 17.2 Å². The first-order valence-corrected chi connectivity index (χ1v) is 8.80. The molecule has 0 bridgehead atoms. The molecule has 3 rings (SSSR count). The maximum atomic E-state index is 13.1. The fourth-order valence-electron chi connectivity index (χ4n) is 2.73. The summed E-state index contributed by atoms with van der Waals surface area (Å²) in [5.74, 6) is 1.07. The molecular weight excluding hydrogens is 350 g/mol. The maximum Gasteiger partial charge on any atom is 0.203 e. The van der Waals surface area contributed by atoms with E-state index in [2.05, 4.69) is 0 Å². The zero-order valence-electron chi connectivity index (χ0n) is 14.7. The second-order valence-electron chi connectivity index (χ2n) is 5.56. The van der Waals surface area contributed by atoms with Crippen LogP contribution < -0.4 is 19.9 Å². The third kappa shape index (κ3) is 3.23. The first-order valence-electron chi connectivity index (χ1n) is 7.85. The number of hydrogen-bond donors (Lipinski definition) is 1. The van der Waals surface area contributed by atoms with E-state index in [-0.39, 0.29) is 5.78 Å². The van der Waals surface area contributed by atoms with Crippen molar-refractivity contribution >= 4 is 22.8 Å². The van der Waals surface area contributed by atoms with Crippen LogP contribution in [0.1, 0.15) is 15.9 Å². The molecule has 0 fully saturated rings. The van der Waals surface area contributed by atoms with E-state index in [1.165, 1.54) is 21.3 Å². The van der Waals surface area contributed by atoms with E-state index in [0.717, 1.165) is 11.1 Å². The quantitative estimate of drug-likeness (QED) is 0.519. The van der Waals surface area contributed by atoms with Crippen molar-refractivity contribution in [3.8, 4) is 28.4 Å². The Balaban J connectivity index is 2.08. The van der Waals surface area contributed by atoms with Crippen molar-refractivity contribution in [1.29, 1.82) is 0 Å². The highest BCUT2D eigenvalue weighted by molar-refractivity contribution is 7.08. The minimum atomic E-state index is -0.209. The van der Waals surface area contributed by atoms with Crippen LogP contribution in [0.4, 0.5) is 5.69 Å². The van der Waals surface area contributed by atoms with Gasteiger partial charge in [-0.1, -0.05) is 6.07 Å². The fraction of sp³-hybridized carbons (Fsp3) is 0.150. The summed E-state index contributed by atoms with van der Waals surface area (Å²) in [6.07, 6.45) is 0. The number of thiophene rings is 1. The standard InChI is InChI=1S/C20H19NO4S/c1-23-17-9-14(10-18(24-2)20(17)25-3)19(22)15-8-12(4-5-16(15)21)13-6-7-26-11-13/h4-11H,21H2,1-3H3. The summed E-state index contributed by atoms with van der Waals surface area (Å²) in [6.45, 7) is 0. The number of ketones is 1. The SMILES string of the molecule is COc1cc(C(=O)c2cc(-c3ccsc3)ccc2N)cc(OC)c1OC. The number of methoxy groups -OCH3 is 3. The number of benzene rings is 2. The largest absolute Gasteiger partial charge is 0.493 e. The van der Waals surface area contributed by atoms with E-state index >= 15 is 0 Å². The smallest absolute Gasteiger partial charge is 0.203 e. The van der Waals surface area contributed by atoms with Crippen LogP contribution in [0.2, 0.25) is 0 Å². The van der Waals surface area contributed by atoms with Gasteiger partial charge in [0.2, 0.25) is 5.75 Å². The maximum absolute atomic E-state index is 13.1. The molecule has 2 N–H and O–H groups in total. The minimum absolute atomic E-state index is 0.209. The Kier molecular flexibility index (Phi) is 5.14. The number of hydrogen-bond acceptors (Lipinski definition) is 6. The van der Waals surface area contributed by atoms with Gasteiger partial charge in [-0.3, -0.25) is 4.79 Å². The van der Waals surface area contributed by atoms with Crippen LogP contribution in [-0.4, -0.2) is 27.1 Å². The van der Waals surface area contributed by atoms with Crippen molar-refractivity contribution in [3.05, 3.63) is 58.3 Å². The lowest BCUT2D eigenvalue weighted by Crippen LogP contribution is -2.07. The molecule has 0 spiro atoms. The van der Waals surface area contributed by atoms with E-state index in [0.29, 0.717) is 34.1 Å². The fourth-order valence-corrected chi connectivity index (χ4v) is 3.39. The van der Waals surface area contributed by atoms with Gasteiger partial charge in [0.25, 0.3) is 0 Å². The number of carbonyl (C=O) groups is 1. The van der Waals surface area contributed by atoms with E-state index in [4.69, 9.17) is 19.9 Å². The number of anilines is 1. The predicted octanol–water partition coefficient (Wildman–Crippen LogP) is 4.25. The summed E-state index contributed by atoms with van der Waals surface area (Å²) in [5.41, 5.74) is 9.33. The molecular formula is C20H19NO4S. The van der Waals surface area contributed by atoms with Crippen LogP contribution in [-0.2, 0) is 0 Å². The Morgan fingerprint density at radius 1 is 0.923 bits per heavy atom. The van der Waals surface area contributed by atoms with Crippen LogP contribution in [0.3, 0.4) is 0 Å². The van der Waals surface area contributed by atoms with Crippen molar-refractivity contribution in [1.82, 2.24) is 0 Å². The van der Waals surface area contributed by atoms with E-state index < -0.39 is 0 Å². The molecule has 3 aromatic rings. The normalized spacial score (nSPS) is 10.4. The molecule has 134 valence electrons. The molecule has 0 amide bonds. The van der Waals surface area contributed by atoms with Gasteiger partial charge in [0.1, 0.15) is 0 Å². The average Bonchev–Trinajstić information content (AvgIpc) is 3.21. The lowest BCUT2D eigenvalue weighted by atomic mass is 9.97. The second-order valence-corrected chi connectivity index (χ2v) is 6.34. The molecule has 0 radical (unpaired) electrons. The van der Waals surface area contributed by atoms with E-state index in [9.17, 15) is 4.79 Å². The number of ether oxygens (including phenoxy) is 3. The first kappa shape index (κ1) is 17.8. The molecule has 5 nitrogen and oxygen atoms in total. The molecule has 0 saturated heterocycles. The van der Waals surface area contributed by atoms with E-state index in [1.54, 1.807) is 29.5 Å². The molecule has 0 aliphatic rings. The summed E-state index contributed by atoms with van der Waals surface area (Å²) >= 11 is 1.60. The van der Waals surface area contributed by atoms with Gasteiger partial charge in [0.15, 0.2) is 17.3 Å². The lowest BCUT2D eigenvalue weighted by molar-refractivity contribution is 0.103. The van der Waals surface area contributed by atoms with E-state index in [1.807, 2.05) is 29.0 Å². The van der Waals surface area contributed by atoms with Gasteiger partial charge in [-0.15, -0.1) is 0 Å². The van der Waals surface area contributed by atoms with Crippen molar-refractivity contribution in [2.45, 2.75) is 0 Å².